The second-order valence-electron chi connectivity index (χ2n) is 2.56. The topological polar surface area (TPSA) is 47.6 Å². The summed E-state index contributed by atoms with van der Waals surface area (Å²) in [4.78, 5) is 11.0. The predicted octanol–water partition coefficient (Wildman–Crippen LogP) is -0.213. The normalized spacial score (nSPS) is 11.8. The number of carbonyl (C=O) groups is 1. The Morgan fingerprint density at radius 3 is 2.92 bits per heavy atom. The van der Waals surface area contributed by atoms with Gasteiger partial charge in [0.25, 0.3) is 0 Å². The first-order chi connectivity index (χ1) is 6.20. The highest BCUT2D eigenvalue weighted by atomic mass is 16.6. The van der Waals surface area contributed by atoms with Gasteiger partial charge in [0.2, 0.25) is 0 Å². The highest BCUT2D eigenvalue weighted by Crippen LogP contribution is 1.90. The van der Waals surface area contributed by atoms with E-state index >= 15 is 0 Å². The number of methoxy groups -OCH3 is 1. The number of rotatable bonds is 6. The van der Waals surface area contributed by atoms with Crippen LogP contribution in [0.2, 0.25) is 0 Å². The molecule has 0 aliphatic carbocycles. The van der Waals surface area contributed by atoms with Gasteiger partial charge >= 0.3 is 5.97 Å². The Hall–Kier alpha value is -1.05. The lowest BCUT2D eigenvalue weighted by Crippen LogP contribution is -2.29. The molecule has 1 atom stereocenters. The number of terminal acetylenes is 1. The fraction of sp³-hybridized carbons (Fsp3) is 0.667. The Labute approximate surface area is 78.6 Å². The zero-order valence-corrected chi connectivity index (χ0v) is 8.00. The van der Waals surface area contributed by atoms with Crippen molar-refractivity contribution >= 4 is 5.97 Å². The highest BCUT2D eigenvalue weighted by Gasteiger charge is 2.07. The molecule has 0 aromatic rings. The molecule has 0 aliphatic heterocycles. The Morgan fingerprint density at radius 1 is 1.69 bits per heavy atom. The van der Waals surface area contributed by atoms with Crippen molar-refractivity contribution in [1.29, 1.82) is 0 Å². The van der Waals surface area contributed by atoms with Crippen molar-refractivity contribution in [3.05, 3.63) is 0 Å². The summed E-state index contributed by atoms with van der Waals surface area (Å²) in [6.07, 6.45) is 4.76. The van der Waals surface area contributed by atoms with E-state index in [2.05, 4.69) is 11.2 Å². The minimum atomic E-state index is -0.320. The lowest BCUT2D eigenvalue weighted by Gasteiger charge is -2.11. The van der Waals surface area contributed by atoms with Crippen LogP contribution in [0.4, 0.5) is 0 Å². The van der Waals surface area contributed by atoms with E-state index in [1.807, 2.05) is 0 Å². The summed E-state index contributed by atoms with van der Waals surface area (Å²) >= 11 is 0. The fourth-order valence-electron chi connectivity index (χ4n) is 0.772. The van der Waals surface area contributed by atoms with Crippen molar-refractivity contribution in [3.63, 3.8) is 0 Å². The van der Waals surface area contributed by atoms with Crippen LogP contribution < -0.4 is 5.32 Å². The van der Waals surface area contributed by atoms with E-state index in [9.17, 15) is 4.79 Å². The average Bonchev–Trinajstić information content (AvgIpc) is 2.05. The van der Waals surface area contributed by atoms with Crippen LogP contribution in [0.3, 0.4) is 0 Å². The molecule has 1 N–H and O–H groups in total. The first-order valence-electron chi connectivity index (χ1n) is 4.03. The summed E-state index contributed by atoms with van der Waals surface area (Å²) in [7, 11) is 1.56. The van der Waals surface area contributed by atoms with Crippen molar-refractivity contribution in [1.82, 2.24) is 5.32 Å². The predicted molar refractivity (Wildman–Crippen MR) is 49.1 cm³/mol. The van der Waals surface area contributed by atoms with Crippen molar-refractivity contribution < 1.29 is 14.3 Å². The van der Waals surface area contributed by atoms with Crippen LogP contribution in [-0.4, -0.2) is 38.9 Å². The second-order valence-corrected chi connectivity index (χ2v) is 2.56. The Bertz CT molecular complexity index is 186. The largest absolute Gasteiger partial charge is 0.459 e. The van der Waals surface area contributed by atoms with Crippen LogP contribution in [0.5, 0.6) is 0 Å². The van der Waals surface area contributed by atoms with E-state index in [1.165, 1.54) is 0 Å². The molecule has 1 unspecified atom stereocenters. The fourth-order valence-corrected chi connectivity index (χ4v) is 0.772. The third kappa shape index (κ3) is 7.32. The molecule has 0 rings (SSSR count). The first kappa shape index (κ1) is 11.9. The number of ether oxygens (including phenoxy) is 2. The van der Waals surface area contributed by atoms with E-state index in [-0.39, 0.29) is 18.6 Å². The number of hydrogen-bond donors (Lipinski definition) is 1. The van der Waals surface area contributed by atoms with E-state index < -0.39 is 0 Å². The quantitative estimate of drug-likeness (QED) is 0.353. The average molecular weight is 185 g/mol. The number of esters is 1. The maximum Gasteiger partial charge on any atom is 0.320 e. The molecule has 0 radical (unpaired) electrons. The van der Waals surface area contributed by atoms with Crippen LogP contribution in [0.1, 0.15) is 6.92 Å². The minimum absolute atomic E-state index is 0.137. The zero-order chi connectivity index (χ0) is 10.1. The van der Waals surface area contributed by atoms with Crippen molar-refractivity contribution in [3.8, 4) is 12.3 Å². The molecular formula is C9H15NO3. The molecule has 74 valence electrons. The van der Waals surface area contributed by atoms with Gasteiger partial charge in [0.1, 0.15) is 6.10 Å². The molecular weight excluding hydrogens is 170 g/mol. The molecule has 0 fully saturated rings. The number of nitrogens with one attached hydrogen (secondary N) is 1. The van der Waals surface area contributed by atoms with Crippen LogP contribution in [0.25, 0.3) is 0 Å². The van der Waals surface area contributed by atoms with E-state index in [0.717, 1.165) is 0 Å². The zero-order valence-electron chi connectivity index (χ0n) is 8.00. The van der Waals surface area contributed by atoms with Gasteiger partial charge < -0.3 is 9.47 Å². The lowest BCUT2D eigenvalue weighted by atomic mass is 10.4. The van der Waals surface area contributed by atoms with E-state index in [4.69, 9.17) is 15.9 Å². The molecule has 0 aromatic carbocycles. The van der Waals surface area contributed by atoms with Crippen molar-refractivity contribution in [2.24, 2.45) is 0 Å². The third-order valence-electron chi connectivity index (χ3n) is 1.23. The van der Waals surface area contributed by atoms with Crippen LogP contribution in [-0.2, 0) is 14.3 Å². The molecule has 0 aliphatic rings. The summed E-state index contributed by atoms with van der Waals surface area (Å²) in [5.74, 6) is 2.04. The summed E-state index contributed by atoms with van der Waals surface area (Å²) in [6, 6.07) is 0. The van der Waals surface area contributed by atoms with Crippen molar-refractivity contribution in [2.75, 3.05) is 26.8 Å². The second kappa shape index (κ2) is 7.59. The Kier molecular flexibility index (Phi) is 6.98. The molecule has 13 heavy (non-hydrogen) atoms. The molecule has 0 heterocycles. The van der Waals surface area contributed by atoms with Gasteiger partial charge in [-0.1, -0.05) is 5.92 Å². The van der Waals surface area contributed by atoms with Gasteiger partial charge in [-0.3, -0.25) is 10.1 Å². The summed E-state index contributed by atoms with van der Waals surface area (Å²) in [5.41, 5.74) is 0. The van der Waals surface area contributed by atoms with Gasteiger partial charge in [-0.25, -0.2) is 0 Å². The van der Waals surface area contributed by atoms with E-state index in [0.29, 0.717) is 13.2 Å². The smallest absolute Gasteiger partial charge is 0.320 e. The van der Waals surface area contributed by atoms with Gasteiger partial charge in [0, 0.05) is 7.11 Å². The highest BCUT2D eigenvalue weighted by molar-refractivity contribution is 5.71. The van der Waals surface area contributed by atoms with Gasteiger partial charge in [-0.2, -0.15) is 0 Å². The third-order valence-corrected chi connectivity index (χ3v) is 1.23. The Morgan fingerprint density at radius 2 is 2.38 bits per heavy atom. The van der Waals surface area contributed by atoms with Gasteiger partial charge in [0.05, 0.1) is 19.7 Å². The lowest BCUT2D eigenvalue weighted by molar-refractivity contribution is -0.149. The standard InChI is InChI=1S/C9H15NO3/c1-4-5-10-6-9(11)13-8(2)7-12-3/h1,8,10H,5-7H2,2-3H3. The minimum Gasteiger partial charge on any atom is -0.459 e. The number of hydrogen-bond acceptors (Lipinski definition) is 4. The molecule has 0 saturated heterocycles. The maximum absolute atomic E-state index is 11.0. The van der Waals surface area contributed by atoms with Gasteiger partial charge in [0.15, 0.2) is 0 Å². The molecule has 4 nitrogen and oxygen atoms in total. The molecule has 0 bridgehead atoms. The summed E-state index contributed by atoms with van der Waals surface area (Å²) < 4.78 is 9.74. The van der Waals surface area contributed by atoms with Crippen LogP contribution in [0.15, 0.2) is 0 Å². The Balaban J connectivity index is 3.45. The molecule has 0 saturated carbocycles. The van der Waals surface area contributed by atoms with Gasteiger partial charge in [-0.05, 0) is 6.92 Å². The van der Waals surface area contributed by atoms with Gasteiger partial charge in [-0.15, -0.1) is 6.42 Å². The van der Waals surface area contributed by atoms with Crippen LogP contribution in [0, 0.1) is 12.3 Å². The molecule has 4 heteroatoms. The summed E-state index contributed by atoms with van der Waals surface area (Å²) in [6.45, 7) is 2.68. The molecule has 0 aromatic heterocycles. The van der Waals surface area contributed by atoms with E-state index in [1.54, 1.807) is 14.0 Å². The summed E-state index contributed by atoms with van der Waals surface area (Å²) in [5, 5.41) is 2.73. The maximum atomic E-state index is 11.0. The molecule has 0 amide bonds. The number of carbonyl (C=O) groups excluding carboxylic acids is 1. The first-order valence-corrected chi connectivity index (χ1v) is 4.03. The van der Waals surface area contributed by atoms with Crippen molar-refractivity contribution in [2.45, 2.75) is 13.0 Å². The van der Waals surface area contributed by atoms with Crippen LogP contribution >= 0.6 is 0 Å². The molecule has 0 spiro atoms. The SMILES string of the molecule is C#CCNCC(=O)OC(C)COC. The monoisotopic (exact) mass is 185 g/mol.